The molecule has 0 bridgehead atoms. The molecule has 142 valence electrons. The number of carbonyl (C=O) groups is 2. The maximum atomic E-state index is 12.5. The van der Waals surface area contributed by atoms with Crippen molar-refractivity contribution in [3.05, 3.63) is 40.1 Å². The summed E-state index contributed by atoms with van der Waals surface area (Å²) in [6, 6.07) is 3.46. The molecule has 0 radical (unpaired) electrons. The van der Waals surface area contributed by atoms with Gasteiger partial charge in [0, 0.05) is 48.9 Å². The third kappa shape index (κ3) is 4.01. The second kappa shape index (κ2) is 7.36. The average molecular weight is 386 g/mol. The van der Waals surface area contributed by atoms with Crippen LogP contribution in [-0.2, 0) is 17.6 Å². The van der Waals surface area contributed by atoms with Gasteiger partial charge in [-0.15, -0.1) is 11.3 Å². The van der Waals surface area contributed by atoms with Crippen LogP contribution >= 0.6 is 11.3 Å². The zero-order chi connectivity index (χ0) is 18.9. The Morgan fingerprint density at radius 3 is 2.67 bits per heavy atom. The number of nitrogens with one attached hydrogen (secondary N) is 1. The summed E-state index contributed by atoms with van der Waals surface area (Å²) in [6.07, 6.45) is 7.23. The number of hydrogen-bond donors (Lipinski definition) is 2. The molecule has 1 aliphatic carbocycles. The number of aliphatic hydroxyl groups is 1. The van der Waals surface area contributed by atoms with Crippen LogP contribution in [0.1, 0.15) is 46.1 Å². The van der Waals surface area contributed by atoms with Crippen molar-refractivity contribution in [3.8, 4) is 0 Å². The lowest BCUT2D eigenvalue weighted by molar-refractivity contribution is -0.140. The van der Waals surface area contributed by atoms with Gasteiger partial charge in [0.25, 0.3) is 5.91 Å². The fraction of sp³-hybridized carbons (Fsp3) is 0.474. The highest BCUT2D eigenvalue weighted by atomic mass is 32.1. The predicted octanol–water partition coefficient (Wildman–Crippen LogP) is 2.02. The molecule has 1 saturated carbocycles. The minimum Gasteiger partial charge on any atom is -0.389 e. The molecule has 27 heavy (non-hydrogen) atoms. The minimum absolute atomic E-state index is 0.0167. The zero-order valence-electron chi connectivity index (χ0n) is 15.0. The predicted molar refractivity (Wildman–Crippen MR) is 102 cm³/mol. The molecule has 4 rings (SSSR count). The molecule has 1 aliphatic heterocycles. The molecule has 0 saturated heterocycles. The monoisotopic (exact) mass is 386 g/mol. The van der Waals surface area contributed by atoms with Crippen molar-refractivity contribution in [3.63, 3.8) is 0 Å². The van der Waals surface area contributed by atoms with E-state index in [1.54, 1.807) is 24.5 Å². The highest BCUT2D eigenvalue weighted by molar-refractivity contribution is 7.13. The Hall–Kier alpha value is -2.32. The van der Waals surface area contributed by atoms with E-state index in [0.717, 1.165) is 29.8 Å². The summed E-state index contributed by atoms with van der Waals surface area (Å²) in [7, 11) is 0. The van der Waals surface area contributed by atoms with E-state index in [1.807, 2.05) is 4.90 Å². The molecular formula is C19H22N4O3S. The van der Waals surface area contributed by atoms with Gasteiger partial charge in [-0.25, -0.2) is 4.98 Å². The van der Waals surface area contributed by atoms with Crippen LogP contribution in [0.5, 0.6) is 0 Å². The zero-order valence-corrected chi connectivity index (χ0v) is 15.8. The van der Waals surface area contributed by atoms with Gasteiger partial charge in [0.1, 0.15) is 0 Å². The van der Waals surface area contributed by atoms with Crippen molar-refractivity contribution in [1.29, 1.82) is 0 Å². The molecule has 2 aliphatic rings. The topological polar surface area (TPSA) is 95.4 Å². The summed E-state index contributed by atoms with van der Waals surface area (Å²) in [4.78, 5) is 36.2. The van der Waals surface area contributed by atoms with Gasteiger partial charge in [0.15, 0.2) is 5.01 Å². The lowest BCUT2D eigenvalue weighted by Crippen LogP contribution is -2.44. The molecule has 0 spiro atoms. The van der Waals surface area contributed by atoms with Crippen LogP contribution in [0.2, 0.25) is 0 Å². The third-order valence-corrected chi connectivity index (χ3v) is 6.41. The number of fused-ring (bicyclic) bond motifs is 1. The number of rotatable bonds is 4. The number of thiazole rings is 1. The number of pyridine rings is 1. The van der Waals surface area contributed by atoms with E-state index in [2.05, 4.69) is 15.3 Å². The quantitative estimate of drug-likeness (QED) is 0.838. The van der Waals surface area contributed by atoms with Crippen LogP contribution in [-0.4, -0.2) is 50.5 Å². The van der Waals surface area contributed by atoms with E-state index < -0.39 is 5.60 Å². The van der Waals surface area contributed by atoms with E-state index in [0.29, 0.717) is 36.6 Å². The third-order valence-electron chi connectivity index (χ3n) is 5.26. The van der Waals surface area contributed by atoms with Gasteiger partial charge in [-0.3, -0.25) is 14.6 Å². The van der Waals surface area contributed by atoms with E-state index in [-0.39, 0.29) is 18.2 Å². The Bertz CT molecular complexity index is 822. The molecule has 2 aromatic heterocycles. The average Bonchev–Trinajstić information content (AvgIpc) is 2.94. The second-order valence-electron chi connectivity index (χ2n) is 7.21. The molecule has 2 amide bonds. The van der Waals surface area contributed by atoms with E-state index in [9.17, 15) is 14.7 Å². The molecule has 3 heterocycles. The maximum absolute atomic E-state index is 12.5. The number of nitrogens with zero attached hydrogens (tertiary/aromatic N) is 3. The highest BCUT2D eigenvalue weighted by Crippen LogP contribution is 2.35. The minimum atomic E-state index is -0.787. The summed E-state index contributed by atoms with van der Waals surface area (Å²) in [5.41, 5.74) is 0.800. The first kappa shape index (κ1) is 18.1. The molecular weight excluding hydrogens is 364 g/mol. The van der Waals surface area contributed by atoms with Gasteiger partial charge in [0.05, 0.1) is 17.7 Å². The first-order chi connectivity index (χ1) is 13.0. The number of amides is 2. The number of hydrogen-bond acceptors (Lipinski definition) is 6. The van der Waals surface area contributed by atoms with Gasteiger partial charge < -0.3 is 15.3 Å². The van der Waals surface area contributed by atoms with Crippen LogP contribution in [0.15, 0.2) is 24.5 Å². The van der Waals surface area contributed by atoms with E-state index in [4.69, 9.17) is 0 Å². The number of aromatic nitrogens is 2. The van der Waals surface area contributed by atoms with Gasteiger partial charge in [-0.05, 0) is 31.4 Å². The van der Waals surface area contributed by atoms with Crippen molar-refractivity contribution in [2.24, 2.45) is 0 Å². The molecule has 2 aromatic rings. The Kier molecular flexibility index (Phi) is 4.92. The molecule has 7 nitrogen and oxygen atoms in total. The normalized spacial score (nSPS) is 18.2. The lowest BCUT2D eigenvalue weighted by Gasteiger charge is -2.37. The van der Waals surface area contributed by atoms with Gasteiger partial charge >= 0.3 is 0 Å². The van der Waals surface area contributed by atoms with Crippen LogP contribution < -0.4 is 5.32 Å². The summed E-state index contributed by atoms with van der Waals surface area (Å²) in [5, 5.41) is 13.5. The first-order valence-electron chi connectivity index (χ1n) is 9.23. The van der Waals surface area contributed by atoms with Gasteiger partial charge in [-0.1, -0.05) is 0 Å². The Balaban J connectivity index is 1.38. The standard InChI is InChI=1S/C19H22N4O3S/c24-16(12-19(26)6-1-7-19)23-10-4-14-15(5-11-23)27-18(22-14)17(25)21-13-2-8-20-9-3-13/h2-3,8-9,26H,1,4-7,10-12H2,(H,20,21,25). The van der Waals surface area contributed by atoms with E-state index in [1.165, 1.54) is 11.3 Å². The lowest BCUT2D eigenvalue weighted by atomic mass is 9.77. The largest absolute Gasteiger partial charge is 0.389 e. The second-order valence-corrected chi connectivity index (χ2v) is 8.30. The van der Waals surface area contributed by atoms with Gasteiger partial charge in [-0.2, -0.15) is 0 Å². The Morgan fingerprint density at radius 1 is 1.22 bits per heavy atom. The van der Waals surface area contributed by atoms with Crippen molar-refractivity contribution in [2.75, 3.05) is 18.4 Å². The fourth-order valence-corrected chi connectivity index (χ4v) is 4.48. The van der Waals surface area contributed by atoms with Crippen LogP contribution in [0, 0.1) is 0 Å². The molecule has 8 heteroatoms. The summed E-state index contributed by atoms with van der Waals surface area (Å²) >= 11 is 1.39. The van der Waals surface area contributed by atoms with Crippen LogP contribution in [0.25, 0.3) is 0 Å². The van der Waals surface area contributed by atoms with Crippen molar-refractivity contribution < 1.29 is 14.7 Å². The van der Waals surface area contributed by atoms with Crippen molar-refractivity contribution in [1.82, 2.24) is 14.9 Å². The summed E-state index contributed by atoms with van der Waals surface area (Å²) < 4.78 is 0. The molecule has 0 atom stereocenters. The van der Waals surface area contributed by atoms with Crippen LogP contribution in [0.3, 0.4) is 0 Å². The summed E-state index contributed by atoms with van der Waals surface area (Å²) in [5.74, 6) is -0.206. The SMILES string of the molecule is O=C(Nc1ccncc1)c1nc2c(s1)CCN(C(=O)CC1(O)CCC1)CC2. The van der Waals surface area contributed by atoms with Gasteiger partial charge in [0.2, 0.25) is 5.91 Å². The maximum Gasteiger partial charge on any atom is 0.284 e. The Labute approximate surface area is 161 Å². The van der Waals surface area contributed by atoms with Crippen molar-refractivity contribution >= 4 is 28.8 Å². The molecule has 2 N–H and O–H groups in total. The molecule has 0 unspecified atom stereocenters. The number of anilines is 1. The highest BCUT2D eigenvalue weighted by Gasteiger charge is 2.38. The number of carbonyl (C=O) groups excluding carboxylic acids is 2. The van der Waals surface area contributed by atoms with Crippen molar-refractivity contribution in [2.45, 2.75) is 44.1 Å². The first-order valence-corrected chi connectivity index (χ1v) is 10.0. The smallest absolute Gasteiger partial charge is 0.284 e. The summed E-state index contributed by atoms with van der Waals surface area (Å²) in [6.45, 7) is 1.19. The van der Waals surface area contributed by atoms with E-state index >= 15 is 0 Å². The molecule has 1 fully saturated rings. The van der Waals surface area contributed by atoms with Crippen LogP contribution in [0.4, 0.5) is 5.69 Å². The fourth-order valence-electron chi connectivity index (χ4n) is 3.48. The Morgan fingerprint density at radius 2 is 1.96 bits per heavy atom. The molecule has 0 aromatic carbocycles.